The highest BCUT2D eigenvalue weighted by Gasteiger charge is 2.36. The van der Waals surface area contributed by atoms with Gasteiger partial charge in [-0.05, 0) is 48.7 Å². The first-order chi connectivity index (χ1) is 14.9. The van der Waals surface area contributed by atoms with Gasteiger partial charge in [0.1, 0.15) is 12.3 Å². The van der Waals surface area contributed by atoms with Gasteiger partial charge in [0.2, 0.25) is 11.8 Å². The lowest BCUT2D eigenvalue weighted by Crippen LogP contribution is -2.40. The quantitative estimate of drug-likeness (QED) is 0.624. The van der Waals surface area contributed by atoms with Crippen molar-refractivity contribution in [2.75, 3.05) is 6.54 Å². The van der Waals surface area contributed by atoms with E-state index in [-0.39, 0.29) is 13.1 Å². The van der Waals surface area contributed by atoms with Crippen LogP contribution in [0.2, 0.25) is 0 Å². The molecule has 2 aromatic carbocycles. The molecule has 1 aliphatic heterocycles. The third-order valence-electron chi connectivity index (χ3n) is 5.03. The number of fused-ring (bicyclic) bond motifs is 1. The fourth-order valence-electron chi connectivity index (χ4n) is 3.29. The number of hydrogen-bond donors (Lipinski definition) is 1. The minimum absolute atomic E-state index is 0.221. The highest BCUT2D eigenvalue weighted by molar-refractivity contribution is 6.22. The fourth-order valence-corrected chi connectivity index (χ4v) is 3.29. The molecule has 7 nitrogen and oxygen atoms in total. The van der Waals surface area contributed by atoms with Crippen molar-refractivity contribution in [3.05, 3.63) is 88.6 Å². The molecule has 0 radical (unpaired) electrons. The second-order valence-electron chi connectivity index (χ2n) is 7.39. The van der Waals surface area contributed by atoms with E-state index >= 15 is 0 Å². The number of hydrogen-bond acceptors (Lipinski definition) is 5. The molecule has 0 aliphatic carbocycles. The first-order valence-corrected chi connectivity index (χ1v) is 9.84. The lowest BCUT2D eigenvalue weighted by molar-refractivity contribution is -0.121. The molecule has 31 heavy (non-hydrogen) atoms. The molecule has 156 valence electrons. The number of imide groups is 1. The second kappa shape index (κ2) is 8.39. The first kappa shape index (κ1) is 20.3. The molecule has 2 heterocycles. The van der Waals surface area contributed by atoms with E-state index in [1.807, 2.05) is 32.0 Å². The summed E-state index contributed by atoms with van der Waals surface area (Å²) in [6.07, 6.45) is 1.61. The van der Waals surface area contributed by atoms with Gasteiger partial charge in [0.15, 0.2) is 0 Å². The molecule has 0 fully saturated rings. The number of carbonyl (C=O) groups excluding carboxylic acids is 3. The van der Waals surface area contributed by atoms with Crippen molar-refractivity contribution in [1.82, 2.24) is 15.2 Å². The average Bonchev–Trinajstić information content (AvgIpc) is 3.01. The molecule has 0 unspecified atom stereocenters. The molecule has 3 aromatic rings. The summed E-state index contributed by atoms with van der Waals surface area (Å²) in [6, 6.07) is 16.0. The second-order valence-corrected chi connectivity index (χ2v) is 7.39. The Bertz CT molecular complexity index is 1140. The normalized spacial score (nSPS) is 12.6. The maximum absolute atomic E-state index is 12.4. The van der Waals surface area contributed by atoms with Gasteiger partial charge in [-0.15, -0.1) is 0 Å². The van der Waals surface area contributed by atoms with Crippen molar-refractivity contribution in [2.24, 2.45) is 0 Å². The van der Waals surface area contributed by atoms with E-state index in [2.05, 4.69) is 10.3 Å². The third-order valence-corrected chi connectivity index (χ3v) is 5.03. The number of aromatic nitrogens is 1. The average molecular weight is 415 g/mol. The minimum atomic E-state index is -0.453. The Balaban J connectivity index is 1.32. The first-order valence-electron chi connectivity index (χ1n) is 9.84. The van der Waals surface area contributed by atoms with E-state index in [1.165, 1.54) is 0 Å². The number of amides is 3. The molecule has 0 atom stereocenters. The van der Waals surface area contributed by atoms with E-state index in [0.717, 1.165) is 27.3 Å². The molecule has 1 N–H and O–H groups in total. The fraction of sp³-hybridized carbons (Fsp3) is 0.167. The molecular weight excluding hydrogens is 394 g/mol. The third kappa shape index (κ3) is 4.30. The zero-order valence-corrected chi connectivity index (χ0v) is 17.2. The van der Waals surface area contributed by atoms with Crippen LogP contribution < -0.4 is 10.1 Å². The van der Waals surface area contributed by atoms with E-state index in [1.54, 1.807) is 42.6 Å². The zero-order chi connectivity index (χ0) is 22.0. The summed E-state index contributed by atoms with van der Waals surface area (Å²) >= 11 is 0. The Morgan fingerprint density at radius 1 is 1.00 bits per heavy atom. The van der Waals surface area contributed by atoms with Crippen LogP contribution in [0.3, 0.4) is 0 Å². The monoisotopic (exact) mass is 415 g/mol. The van der Waals surface area contributed by atoms with Crippen molar-refractivity contribution >= 4 is 17.7 Å². The predicted octanol–water partition coefficient (Wildman–Crippen LogP) is 3.40. The van der Waals surface area contributed by atoms with Crippen LogP contribution in [-0.4, -0.2) is 34.2 Å². The van der Waals surface area contributed by atoms with Gasteiger partial charge < -0.3 is 10.1 Å². The number of nitrogens with zero attached hydrogens (tertiary/aromatic N) is 2. The number of benzene rings is 2. The van der Waals surface area contributed by atoms with Crippen LogP contribution in [0.1, 0.15) is 37.4 Å². The molecule has 0 bridgehead atoms. The van der Waals surface area contributed by atoms with E-state index in [0.29, 0.717) is 17.0 Å². The van der Waals surface area contributed by atoms with Crippen LogP contribution in [0, 0.1) is 13.8 Å². The molecule has 3 amide bonds. The summed E-state index contributed by atoms with van der Waals surface area (Å²) in [5.74, 6) is -0.134. The van der Waals surface area contributed by atoms with Gasteiger partial charge in [-0.25, -0.2) is 4.98 Å². The van der Waals surface area contributed by atoms with Crippen LogP contribution in [0.15, 0.2) is 60.8 Å². The summed E-state index contributed by atoms with van der Waals surface area (Å²) in [5, 5.41) is 2.71. The van der Waals surface area contributed by atoms with E-state index < -0.39 is 17.7 Å². The highest BCUT2D eigenvalue weighted by atomic mass is 16.5. The Morgan fingerprint density at radius 2 is 1.71 bits per heavy atom. The highest BCUT2D eigenvalue weighted by Crippen LogP contribution is 2.25. The van der Waals surface area contributed by atoms with Crippen molar-refractivity contribution in [3.63, 3.8) is 0 Å². The molecule has 1 aliphatic rings. The summed E-state index contributed by atoms with van der Waals surface area (Å²) in [4.78, 5) is 42.2. The zero-order valence-electron chi connectivity index (χ0n) is 17.2. The van der Waals surface area contributed by atoms with Gasteiger partial charge in [0.25, 0.3) is 11.8 Å². The number of rotatable bonds is 6. The van der Waals surface area contributed by atoms with Crippen LogP contribution in [0.4, 0.5) is 0 Å². The molecule has 1 aromatic heterocycles. The van der Waals surface area contributed by atoms with E-state index in [9.17, 15) is 14.4 Å². The Hall–Kier alpha value is -4.00. The Morgan fingerprint density at radius 3 is 2.35 bits per heavy atom. The molecule has 0 spiro atoms. The van der Waals surface area contributed by atoms with E-state index in [4.69, 9.17) is 4.74 Å². The number of nitrogens with one attached hydrogen (secondary N) is 1. The van der Waals surface area contributed by atoms with Gasteiger partial charge in [0.05, 0.1) is 11.1 Å². The number of ether oxygens (including phenoxy) is 1. The molecule has 0 saturated heterocycles. The summed E-state index contributed by atoms with van der Waals surface area (Å²) in [5.41, 5.74) is 3.52. The van der Waals surface area contributed by atoms with Crippen LogP contribution in [-0.2, 0) is 11.3 Å². The Labute approximate surface area is 179 Å². The standard InChI is InChI=1S/C24H21N3O4/c1-15-7-8-16(2)20(11-15)31-22-10-9-17(13-26-22)12-25-21(28)14-27-23(29)18-5-3-4-6-19(18)24(27)30/h3-11,13H,12,14H2,1-2H3,(H,25,28). The van der Waals surface area contributed by atoms with Crippen LogP contribution >= 0.6 is 0 Å². The largest absolute Gasteiger partial charge is 0.439 e. The molecule has 0 saturated carbocycles. The molecule has 7 heteroatoms. The smallest absolute Gasteiger partial charge is 0.262 e. The molecular formula is C24H21N3O4. The minimum Gasteiger partial charge on any atom is -0.439 e. The number of carbonyl (C=O) groups is 3. The van der Waals surface area contributed by atoms with Crippen molar-refractivity contribution in [1.29, 1.82) is 0 Å². The van der Waals surface area contributed by atoms with Crippen LogP contribution in [0.25, 0.3) is 0 Å². The Kier molecular flexibility index (Phi) is 5.49. The van der Waals surface area contributed by atoms with Gasteiger partial charge in [0, 0.05) is 18.8 Å². The topological polar surface area (TPSA) is 88.6 Å². The summed E-state index contributed by atoms with van der Waals surface area (Å²) < 4.78 is 5.83. The number of pyridine rings is 1. The number of aryl methyl sites for hydroxylation is 2. The van der Waals surface area contributed by atoms with Crippen molar-refractivity contribution in [2.45, 2.75) is 20.4 Å². The van der Waals surface area contributed by atoms with Crippen LogP contribution in [0.5, 0.6) is 11.6 Å². The lowest BCUT2D eigenvalue weighted by atomic mass is 10.1. The SMILES string of the molecule is Cc1ccc(C)c(Oc2ccc(CNC(=O)CN3C(=O)c4ccccc4C3=O)cn2)c1. The lowest BCUT2D eigenvalue weighted by Gasteiger charge is -2.13. The van der Waals surface area contributed by atoms with Gasteiger partial charge in [-0.3, -0.25) is 19.3 Å². The van der Waals surface area contributed by atoms with Gasteiger partial charge in [-0.1, -0.05) is 30.3 Å². The maximum Gasteiger partial charge on any atom is 0.262 e. The van der Waals surface area contributed by atoms with Gasteiger partial charge in [-0.2, -0.15) is 0 Å². The predicted molar refractivity (Wildman–Crippen MR) is 114 cm³/mol. The summed E-state index contributed by atoms with van der Waals surface area (Å²) in [6.45, 7) is 3.85. The van der Waals surface area contributed by atoms with Crippen molar-refractivity contribution < 1.29 is 19.1 Å². The van der Waals surface area contributed by atoms with Gasteiger partial charge >= 0.3 is 0 Å². The van der Waals surface area contributed by atoms with Crippen molar-refractivity contribution in [3.8, 4) is 11.6 Å². The maximum atomic E-state index is 12.4. The summed E-state index contributed by atoms with van der Waals surface area (Å²) in [7, 11) is 0. The molecule has 4 rings (SSSR count).